The van der Waals surface area contributed by atoms with E-state index in [0.717, 1.165) is 22.5 Å². The van der Waals surface area contributed by atoms with E-state index in [2.05, 4.69) is 20.3 Å². The van der Waals surface area contributed by atoms with E-state index in [1.165, 1.54) is 16.6 Å². The van der Waals surface area contributed by atoms with Crippen LogP contribution in [-0.4, -0.2) is 58.2 Å². The maximum atomic E-state index is 12.7. The van der Waals surface area contributed by atoms with Crippen molar-refractivity contribution in [1.82, 2.24) is 24.6 Å². The summed E-state index contributed by atoms with van der Waals surface area (Å²) in [6.45, 7) is 2.80. The molecule has 3 N–H and O–H groups in total. The number of H-pyrrole nitrogens is 2. The van der Waals surface area contributed by atoms with Crippen LogP contribution >= 0.6 is 11.8 Å². The monoisotopic (exact) mass is 419 g/mol. The fourth-order valence-electron chi connectivity index (χ4n) is 3.11. The van der Waals surface area contributed by atoms with Gasteiger partial charge in [0.05, 0.1) is 17.1 Å². The molecule has 0 spiro atoms. The predicted molar refractivity (Wildman–Crippen MR) is 109 cm³/mol. The lowest BCUT2D eigenvalue weighted by atomic mass is 10.3. The minimum Gasteiger partial charge on any atom is -0.356 e. The van der Waals surface area contributed by atoms with Crippen LogP contribution in [0.2, 0.25) is 0 Å². The SMILES string of the molecule is CC(NC(=O)c1cc(S(=O)(=O)N2CCSCC2)c[nH]1)c1nc2ccccc2[nH]1. The number of nitrogens with one attached hydrogen (secondary N) is 3. The number of nitrogens with zero attached hydrogens (tertiary/aromatic N) is 2. The molecular formula is C18H21N5O3S2. The van der Waals surface area contributed by atoms with Crippen molar-refractivity contribution in [3.8, 4) is 0 Å². The number of carbonyl (C=O) groups is 1. The van der Waals surface area contributed by atoms with Gasteiger partial charge in [-0.05, 0) is 25.1 Å². The summed E-state index contributed by atoms with van der Waals surface area (Å²) in [5.41, 5.74) is 1.92. The van der Waals surface area contributed by atoms with Crippen LogP contribution in [0.5, 0.6) is 0 Å². The lowest BCUT2D eigenvalue weighted by molar-refractivity contribution is 0.0934. The molecule has 1 aliphatic rings. The Bertz CT molecular complexity index is 1070. The first-order chi connectivity index (χ1) is 13.4. The zero-order chi connectivity index (χ0) is 19.7. The number of para-hydroxylation sites is 2. The molecular weight excluding hydrogens is 398 g/mol. The first-order valence-corrected chi connectivity index (χ1v) is 11.6. The number of sulfonamides is 1. The third-order valence-electron chi connectivity index (χ3n) is 4.67. The molecule has 1 amide bonds. The largest absolute Gasteiger partial charge is 0.356 e. The number of rotatable bonds is 5. The molecule has 1 unspecified atom stereocenters. The van der Waals surface area contributed by atoms with E-state index < -0.39 is 10.0 Å². The van der Waals surface area contributed by atoms with Crippen molar-refractivity contribution >= 4 is 38.7 Å². The number of aromatic nitrogens is 3. The van der Waals surface area contributed by atoms with Crippen molar-refractivity contribution < 1.29 is 13.2 Å². The molecule has 0 saturated carbocycles. The number of hydrogen-bond acceptors (Lipinski definition) is 5. The first-order valence-electron chi connectivity index (χ1n) is 8.97. The number of benzene rings is 1. The van der Waals surface area contributed by atoms with Crippen LogP contribution in [0, 0.1) is 0 Å². The zero-order valence-electron chi connectivity index (χ0n) is 15.3. The standard InChI is InChI=1S/C18H21N5O3S2/c1-12(17-21-14-4-2-3-5-15(14)22-17)20-18(24)16-10-13(11-19-16)28(25,26)23-6-8-27-9-7-23/h2-5,10-12,19H,6-9H2,1H3,(H,20,24)(H,21,22). The summed E-state index contributed by atoms with van der Waals surface area (Å²) in [7, 11) is -3.58. The van der Waals surface area contributed by atoms with Crippen molar-refractivity contribution in [2.75, 3.05) is 24.6 Å². The smallest absolute Gasteiger partial charge is 0.268 e. The Kier molecular flexibility index (Phi) is 5.17. The molecule has 3 heterocycles. The number of thioether (sulfide) groups is 1. The Labute approximate surface area is 167 Å². The highest BCUT2D eigenvalue weighted by Gasteiger charge is 2.28. The van der Waals surface area contributed by atoms with Gasteiger partial charge < -0.3 is 15.3 Å². The van der Waals surface area contributed by atoms with Crippen molar-refractivity contribution in [3.05, 3.63) is 48.0 Å². The van der Waals surface area contributed by atoms with Crippen LogP contribution in [0.1, 0.15) is 29.3 Å². The van der Waals surface area contributed by atoms with E-state index >= 15 is 0 Å². The average Bonchev–Trinajstić information content (AvgIpc) is 3.36. The number of carbonyl (C=O) groups excluding carboxylic acids is 1. The molecule has 1 aromatic carbocycles. The fourth-order valence-corrected chi connectivity index (χ4v) is 5.68. The Morgan fingerprint density at radius 1 is 1.29 bits per heavy atom. The van der Waals surface area contributed by atoms with E-state index in [4.69, 9.17) is 0 Å². The van der Waals surface area contributed by atoms with E-state index in [1.807, 2.05) is 31.2 Å². The van der Waals surface area contributed by atoms with Gasteiger partial charge in [0, 0.05) is 30.8 Å². The minimum absolute atomic E-state index is 0.112. The maximum Gasteiger partial charge on any atom is 0.268 e. The minimum atomic E-state index is -3.58. The second kappa shape index (κ2) is 7.61. The third-order valence-corrected chi connectivity index (χ3v) is 7.49. The van der Waals surface area contributed by atoms with Gasteiger partial charge in [0.25, 0.3) is 5.91 Å². The van der Waals surface area contributed by atoms with Crippen LogP contribution in [0.25, 0.3) is 11.0 Å². The Morgan fingerprint density at radius 3 is 2.79 bits per heavy atom. The molecule has 0 bridgehead atoms. The molecule has 0 aliphatic carbocycles. The summed E-state index contributed by atoms with van der Waals surface area (Å²) in [5, 5.41) is 2.84. The molecule has 3 aromatic rings. The lowest BCUT2D eigenvalue weighted by Gasteiger charge is -2.24. The summed E-state index contributed by atoms with van der Waals surface area (Å²) in [6, 6.07) is 8.65. The molecule has 28 heavy (non-hydrogen) atoms. The summed E-state index contributed by atoms with van der Waals surface area (Å²) < 4.78 is 26.9. The van der Waals surface area contributed by atoms with Crippen molar-refractivity contribution in [1.29, 1.82) is 0 Å². The van der Waals surface area contributed by atoms with Crippen molar-refractivity contribution in [2.45, 2.75) is 17.9 Å². The van der Waals surface area contributed by atoms with Gasteiger partial charge in [-0.25, -0.2) is 13.4 Å². The average molecular weight is 420 g/mol. The van der Waals surface area contributed by atoms with E-state index in [0.29, 0.717) is 18.9 Å². The predicted octanol–water partition coefficient (Wildman–Crippen LogP) is 2.12. The highest BCUT2D eigenvalue weighted by molar-refractivity contribution is 7.99. The van der Waals surface area contributed by atoms with E-state index in [-0.39, 0.29) is 22.5 Å². The van der Waals surface area contributed by atoms with Gasteiger partial charge in [-0.15, -0.1) is 0 Å². The quantitative estimate of drug-likeness (QED) is 0.587. The molecule has 1 atom stereocenters. The molecule has 8 nitrogen and oxygen atoms in total. The van der Waals surface area contributed by atoms with Crippen molar-refractivity contribution in [3.63, 3.8) is 0 Å². The van der Waals surface area contributed by atoms with Crippen LogP contribution in [0.15, 0.2) is 41.4 Å². The van der Waals surface area contributed by atoms with Gasteiger partial charge in [0.15, 0.2) is 0 Å². The van der Waals surface area contributed by atoms with Gasteiger partial charge in [-0.1, -0.05) is 12.1 Å². The van der Waals surface area contributed by atoms with Crippen LogP contribution < -0.4 is 5.32 Å². The summed E-state index contributed by atoms with van der Waals surface area (Å²) in [5.74, 6) is 1.82. The first kappa shape index (κ1) is 19.0. The second-order valence-electron chi connectivity index (χ2n) is 6.60. The van der Waals surface area contributed by atoms with Crippen LogP contribution in [0.3, 0.4) is 0 Å². The molecule has 10 heteroatoms. The molecule has 1 saturated heterocycles. The molecule has 1 fully saturated rings. The Hall–Kier alpha value is -2.30. The van der Waals surface area contributed by atoms with Gasteiger partial charge in [0.1, 0.15) is 16.4 Å². The molecule has 0 radical (unpaired) electrons. The number of fused-ring (bicyclic) bond motifs is 1. The Morgan fingerprint density at radius 2 is 2.04 bits per heavy atom. The highest BCUT2D eigenvalue weighted by Crippen LogP contribution is 2.21. The topological polar surface area (TPSA) is 111 Å². The normalized spacial score (nSPS) is 16.9. The number of imidazole rings is 1. The molecule has 148 valence electrons. The molecule has 4 rings (SSSR count). The summed E-state index contributed by atoms with van der Waals surface area (Å²) in [4.78, 5) is 23.1. The van der Waals surface area contributed by atoms with Gasteiger partial charge in [-0.3, -0.25) is 4.79 Å². The van der Waals surface area contributed by atoms with Crippen molar-refractivity contribution in [2.24, 2.45) is 0 Å². The van der Waals surface area contributed by atoms with Gasteiger partial charge in [-0.2, -0.15) is 16.1 Å². The lowest BCUT2D eigenvalue weighted by Crippen LogP contribution is -2.37. The fraction of sp³-hybridized carbons (Fsp3) is 0.333. The summed E-state index contributed by atoms with van der Waals surface area (Å²) >= 11 is 1.74. The van der Waals surface area contributed by atoms with E-state index in [1.54, 1.807) is 11.8 Å². The number of amides is 1. The second-order valence-corrected chi connectivity index (χ2v) is 9.76. The number of hydrogen-bond donors (Lipinski definition) is 3. The third kappa shape index (κ3) is 3.67. The zero-order valence-corrected chi connectivity index (χ0v) is 16.9. The van der Waals surface area contributed by atoms with Crippen LogP contribution in [0.4, 0.5) is 0 Å². The van der Waals surface area contributed by atoms with Crippen LogP contribution in [-0.2, 0) is 10.0 Å². The maximum absolute atomic E-state index is 12.7. The molecule has 2 aromatic heterocycles. The van der Waals surface area contributed by atoms with Gasteiger partial charge >= 0.3 is 0 Å². The summed E-state index contributed by atoms with van der Waals surface area (Å²) in [6.07, 6.45) is 1.37. The Balaban J connectivity index is 1.48. The van der Waals surface area contributed by atoms with Gasteiger partial charge in [0.2, 0.25) is 10.0 Å². The van der Waals surface area contributed by atoms with E-state index in [9.17, 15) is 13.2 Å². The molecule has 1 aliphatic heterocycles. The number of aromatic amines is 2. The highest BCUT2D eigenvalue weighted by atomic mass is 32.2.